The number of rotatable bonds is 2. The zero-order valence-electron chi connectivity index (χ0n) is 16.7. The normalized spacial score (nSPS) is 23.2. The maximum Gasteiger partial charge on any atom is 0.249 e. The van der Waals surface area contributed by atoms with Gasteiger partial charge < -0.3 is 4.74 Å². The highest BCUT2D eigenvalue weighted by atomic mass is 32.2. The summed E-state index contributed by atoms with van der Waals surface area (Å²) in [6.07, 6.45) is 1.60. The summed E-state index contributed by atoms with van der Waals surface area (Å²) in [4.78, 5) is 12.4. The van der Waals surface area contributed by atoms with Crippen LogP contribution in [0.2, 0.25) is 0 Å². The highest BCUT2D eigenvalue weighted by Crippen LogP contribution is 2.55. The molecule has 0 fully saturated rings. The molecule has 0 aliphatic carbocycles. The van der Waals surface area contributed by atoms with Gasteiger partial charge in [0.05, 0.1) is 12.4 Å². The fraction of sp³-hybridized carbons (Fsp3) is 0.429. The second-order valence-corrected chi connectivity index (χ2v) is 9.20. The first-order chi connectivity index (χ1) is 13.1. The summed E-state index contributed by atoms with van der Waals surface area (Å²) in [7, 11) is 0. The van der Waals surface area contributed by atoms with E-state index in [-0.39, 0.29) is 16.5 Å². The number of halogens is 2. The third-order valence-corrected chi connectivity index (χ3v) is 6.01. The third-order valence-electron chi connectivity index (χ3n) is 4.58. The Balaban J connectivity index is 2.19. The average molecular weight is 406 g/mol. The van der Waals surface area contributed by atoms with E-state index in [1.165, 1.54) is 30.6 Å². The lowest BCUT2D eigenvalue weighted by Crippen LogP contribution is -2.48. The highest BCUT2D eigenvalue weighted by Gasteiger charge is 2.53. The van der Waals surface area contributed by atoms with Crippen molar-refractivity contribution in [1.29, 1.82) is 0 Å². The van der Waals surface area contributed by atoms with Crippen LogP contribution in [0.5, 0.6) is 5.75 Å². The number of amides is 1. The Morgan fingerprint density at radius 3 is 2.57 bits per heavy atom. The molecule has 1 amide bonds. The van der Waals surface area contributed by atoms with Gasteiger partial charge >= 0.3 is 0 Å². The summed E-state index contributed by atoms with van der Waals surface area (Å²) in [6, 6.07) is 7.47. The van der Waals surface area contributed by atoms with Crippen molar-refractivity contribution < 1.29 is 18.3 Å². The molecule has 1 aromatic rings. The number of carbonyl (C=O) groups excluding carboxylic acids is 1. The molecule has 0 N–H and O–H groups in total. The first-order valence-electron chi connectivity index (χ1n) is 9.11. The van der Waals surface area contributed by atoms with Crippen LogP contribution in [0.4, 0.5) is 8.78 Å². The van der Waals surface area contributed by atoms with E-state index in [0.29, 0.717) is 18.8 Å². The number of ether oxygens (including phenoxy) is 1. The van der Waals surface area contributed by atoms with Crippen molar-refractivity contribution in [3.8, 4) is 5.75 Å². The number of nitrogens with zero attached hydrogens (tertiary/aromatic N) is 2. The number of fused-ring (bicyclic) bond motifs is 2. The van der Waals surface area contributed by atoms with Crippen molar-refractivity contribution in [3.63, 3.8) is 0 Å². The Bertz CT molecular complexity index is 894. The summed E-state index contributed by atoms with van der Waals surface area (Å²) in [5.41, 5.74) is 0.164. The number of hydrazone groups is 1. The van der Waals surface area contributed by atoms with Crippen molar-refractivity contribution in [3.05, 3.63) is 53.1 Å². The molecular formula is C21H24F2N2O2S. The number of benzene rings is 1. The Kier molecular flexibility index (Phi) is 5.40. The molecule has 4 nitrogen and oxygen atoms in total. The Hall–Kier alpha value is -2.15. The molecule has 0 aromatic heterocycles. The van der Waals surface area contributed by atoms with E-state index in [0.717, 1.165) is 11.6 Å². The monoisotopic (exact) mass is 406 g/mol. The molecule has 1 aromatic carbocycles. The molecule has 0 saturated heterocycles. The van der Waals surface area contributed by atoms with Crippen LogP contribution in [0, 0.1) is 5.41 Å². The predicted molar refractivity (Wildman–Crippen MR) is 108 cm³/mol. The van der Waals surface area contributed by atoms with Crippen molar-refractivity contribution in [2.45, 2.75) is 45.9 Å². The molecular weight excluding hydrogens is 382 g/mol. The lowest BCUT2D eigenvalue weighted by Gasteiger charge is -2.41. The molecule has 7 heteroatoms. The smallest absolute Gasteiger partial charge is 0.249 e. The first-order valence-corrected chi connectivity index (χ1v) is 9.93. The maximum atomic E-state index is 14.2. The van der Waals surface area contributed by atoms with Gasteiger partial charge in [-0.15, -0.1) is 0 Å². The molecule has 2 aliphatic heterocycles. The Labute approximate surface area is 168 Å². The topological polar surface area (TPSA) is 41.9 Å². The molecule has 150 valence electrons. The van der Waals surface area contributed by atoms with Crippen LogP contribution >= 0.6 is 11.8 Å². The molecule has 3 rings (SSSR count). The molecule has 1 spiro atoms. The van der Waals surface area contributed by atoms with Crippen molar-refractivity contribution in [2.24, 2.45) is 10.5 Å². The lowest BCUT2D eigenvalue weighted by molar-refractivity contribution is -0.143. The van der Waals surface area contributed by atoms with Crippen LogP contribution in [0.1, 0.15) is 46.6 Å². The van der Waals surface area contributed by atoms with Crippen LogP contribution in [-0.4, -0.2) is 22.6 Å². The summed E-state index contributed by atoms with van der Waals surface area (Å²) < 4.78 is 33.6. The fourth-order valence-corrected chi connectivity index (χ4v) is 4.64. The zero-order valence-corrected chi connectivity index (χ0v) is 17.5. The van der Waals surface area contributed by atoms with E-state index in [1.807, 2.05) is 45.0 Å². The van der Waals surface area contributed by atoms with Gasteiger partial charge in [0.25, 0.3) is 0 Å². The second-order valence-electron chi connectivity index (χ2n) is 7.93. The van der Waals surface area contributed by atoms with Gasteiger partial charge in [-0.1, -0.05) is 50.7 Å². The van der Waals surface area contributed by atoms with Gasteiger partial charge in [0.2, 0.25) is 5.91 Å². The van der Waals surface area contributed by atoms with E-state index in [9.17, 15) is 13.6 Å². The first kappa shape index (κ1) is 20.6. The van der Waals surface area contributed by atoms with E-state index in [1.54, 1.807) is 0 Å². The largest absolute Gasteiger partial charge is 0.493 e. The van der Waals surface area contributed by atoms with Gasteiger partial charge in [-0.3, -0.25) is 4.79 Å². The number of allylic oxidation sites excluding steroid dienone is 3. The standard InChI is InChI=1S/C21H24F2N2O2S/c1-13(22)12-15(14(2)23)18-24-25(19(26)20(3,4)5)21(28-18)10-11-27-17-9-7-6-8-16(17)21/h6-9,12H,10-11H2,1-5H3/b13-12+,15-14-. The van der Waals surface area contributed by atoms with Crippen molar-refractivity contribution in [1.82, 2.24) is 5.01 Å². The number of para-hydroxylation sites is 1. The molecule has 0 bridgehead atoms. The molecule has 1 atom stereocenters. The van der Waals surface area contributed by atoms with Gasteiger partial charge in [0.1, 0.15) is 21.5 Å². The molecule has 0 radical (unpaired) electrons. The predicted octanol–water partition coefficient (Wildman–Crippen LogP) is 5.67. The van der Waals surface area contributed by atoms with Crippen molar-refractivity contribution >= 4 is 22.7 Å². The van der Waals surface area contributed by atoms with E-state index in [4.69, 9.17) is 4.74 Å². The lowest BCUT2D eigenvalue weighted by atomic mass is 9.92. The van der Waals surface area contributed by atoms with Crippen LogP contribution in [0.3, 0.4) is 0 Å². The fourth-order valence-electron chi connectivity index (χ4n) is 3.21. The van der Waals surface area contributed by atoms with Crippen LogP contribution in [0.15, 0.2) is 52.7 Å². The molecule has 1 unspecified atom stereocenters. The van der Waals surface area contributed by atoms with E-state index >= 15 is 0 Å². The summed E-state index contributed by atoms with van der Waals surface area (Å²) in [5, 5.41) is 6.23. The number of thioether (sulfide) groups is 1. The van der Waals surface area contributed by atoms with Gasteiger partial charge in [0.15, 0.2) is 0 Å². The minimum absolute atomic E-state index is 0.0533. The third kappa shape index (κ3) is 3.60. The van der Waals surface area contributed by atoms with Gasteiger partial charge in [0, 0.05) is 23.0 Å². The highest BCUT2D eigenvalue weighted by molar-refractivity contribution is 8.15. The Morgan fingerprint density at radius 1 is 1.29 bits per heavy atom. The molecule has 28 heavy (non-hydrogen) atoms. The maximum absolute atomic E-state index is 14.2. The van der Waals surface area contributed by atoms with E-state index in [2.05, 4.69) is 5.10 Å². The van der Waals surface area contributed by atoms with E-state index < -0.39 is 21.9 Å². The SMILES string of the molecule is C/C(F)=C(\C=C(/C)F)C1=NN(C(=O)C(C)(C)C)C2(CCOc3ccccc32)S1. The van der Waals surface area contributed by atoms with Crippen LogP contribution in [-0.2, 0) is 9.67 Å². The molecule has 2 heterocycles. The minimum Gasteiger partial charge on any atom is -0.493 e. The summed E-state index contributed by atoms with van der Waals surface area (Å²) in [6.45, 7) is 8.35. The van der Waals surface area contributed by atoms with Crippen LogP contribution in [0.25, 0.3) is 0 Å². The summed E-state index contributed by atoms with van der Waals surface area (Å²) in [5.74, 6) is -0.603. The second kappa shape index (κ2) is 7.35. The minimum atomic E-state index is -0.854. The average Bonchev–Trinajstić information content (AvgIpc) is 2.97. The number of hydrogen-bond donors (Lipinski definition) is 0. The zero-order chi connectivity index (χ0) is 20.7. The van der Waals surface area contributed by atoms with Gasteiger partial charge in [-0.25, -0.2) is 13.8 Å². The molecule has 0 saturated carbocycles. The van der Waals surface area contributed by atoms with Gasteiger partial charge in [-0.2, -0.15) is 5.10 Å². The number of hydrogen-bond acceptors (Lipinski definition) is 4. The van der Waals surface area contributed by atoms with Gasteiger partial charge in [-0.05, 0) is 26.0 Å². The quantitative estimate of drug-likeness (QED) is 0.594. The molecule has 2 aliphatic rings. The number of carbonyl (C=O) groups is 1. The summed E-state index contributed by atoms with van der Waals surface area (Å²) >= 11 is 1.27. The Morgan fingerprint density at radius 2 is 1.96 bits per heavy atom. The van der Waals surface area contributed by atoms with Crippen molar-refractivity contribution in [2.75, 3.05) is 6.61 Å². The van der Waals surface area contributed by atoms with Crippen LogP contribution < -0.4 is 4.74 Å².